The maximum atomic E-state index is 12.8. The molecule has 3 N–H and O–H groups in total. The van der Waals surface area contributed by atoms with Crippen LogP contribution in [0.2, 0.25) is 0 Å². The molecule has 10 heteroatoms. The normalized spacial score (nSPS) is 12.7. The summed E-state index contributed by atoms with van der Waals surface area (Å²) < 4.78 is 39.8. The third-order valence-electron chi connectivity index (χ3n) is 4.26. The summed E-state index contributed by atoms with van der Waals surface area (Å²) >= 11 is 0. The lowest BCUT2D eigenvalue weighted by atomic mass is 10.1. The van der Waals surface area contributed by atoms with Crippen LogP contribution in [0, 0.1) is 0 Å². The third-order valence-corrected chi connectivity index (χ3v) is 4.26. The number of benzene rings is 1. The molecule has 0 aliphatic heterocycles. The number of nitrogens with one attached hydrogen (secondary N) is 1. The first-order valence-electron chi connectivity index (χ1n) is 8.49. The second-order valence-electron chi connectivity index (χ2n) is 6.12. The number of aliphatic hydroxyl groups is 2. The summed E-state index contributed by atoms with van der Waals surface area (Å²) in [6.07, 6.45) is -3.22. The van der Waals surface area contributed by atoms with E-state index in [1.165, 1.54) is 29.1 Å². The van der Waals surface area contributed by atoms with Crippen LogP contribution in [0.15, 0.2) is 49.2 Å². The minimum absolute atomic E-state index is 0.0359. The minimum atomic E-state index is -4.47. The zero-order chi connectivity index (χ0) is 21.2. The maximum Gasteiger partial charge on any atom is 0.416 e. The lowest BCUT2D eigenvalue weighted by molar-refractivity contribution is -0.137. The summed E-state index contributed by atoms with van der Waals surface area (Å²) in [4.78, 5) is 15.8. The van der Waals surface area contributed by atoms with Crippen LogP contribution in [0.5, 0.6) is 0 Å². The Bertz CT molecular complexity index is 1050. The van der Waals surface area contributed by atoms with Crippen molar-refractivity contribution in [3.8, 4) is 5.69 Å². The predicted molar refractivity (Wildman–Crippen MR) is 98.0 cm³/mol. The van der Waals surface area contributed by atoms with Crippen LogP contribution in [-0.2, 0) is 17.5 Å². The lowest BCUT2D eigenvalue weighted by Gasteiger charge is -2.10. The Balaban J connectivity index is 2.15. The van der Waals surface area contributed by atoms with Gasteiger partial charge in [-0.15, -0.1) is 0 Å². The number of pyridine rings is 1. The van der Waals surface area contributed by atoms with E-state index >= 15 is 0 Å². The van der Waals surface area contributed by atoms with Gasteiger partial charge >= 0.3 is 6.18 Å². The van der Waals surface area contributed by atoms with Crippen molar-refractivity contribution in [3.63, 3.8) is 0 Å². The fourth-order valence-corrected chi connectivity index (χ4v) is 2.85. The number of fused-ring (bicyclic) bond motifs is 1. The predicted octanol–water partition coefficient (Wildman–Crippen LogP) is 2.27. The van der Waals surface area contributed by atoms with E-state index in [2.05, 4.69) is 22.0 Å². The van der Waals surface area contributed by atoms with Gasteiger partial charge in [0.1, 0.15) is 6.10 Å². The van der Waals surface area contributed by atoms with Crippen LogP contribution in [-0.4, -0.2) is 37.5 Å². The number of hydrogen-bond donors (Lipinski definition) is 3. The number of alkyl halides is 3. The molecule has 0 saturated heterocycles. The molecule has 1 unspecified atom stereocenters. The summed E-state index contributed by atoms with van der Waals surface area (Å²) in [5.41, 5.74) is 0.426. The molecule has 0 saturated carbocycles. The van der Waals surface area contributed by atoms with Crippen LogP contribution in [0.4, 0.5) is 13.2 Å². The van der Waals surface area contributed by atoms with E-state index in [1.54, 1.807) is 0 Å². The highest BCUT2D eigenvalue weighted by Gasteiger charge is 2.30. The SMILES string of the molecule is C=CC(=O)NCc1nn(-c2ccc(C(F)(F)F)cc2)c2nccc(C(O)CO)c12. The molecule has 7 nitrogen and oxygen atoms in total. The Kier molecular flexibility index (Phi) is 5.66. The molecule has 2 heterocycles. The number of rotatable bonds is 6. The summed E-state index contributed by atoms with van der Waals surface area (Å²) in [7, 11) is 0. The van der Waals surface area contributed by atoms with E-state index in [-0.39, 0.29) is 12.2 Å². The smallest absolute Gasteiger partial charge is 0.393 e. The van der Waals surface area contributed by atoms with Crippen molar-refractivity contribution in [2.24, 2.45) is 0 Å². The van der Waals surface area contributed by atoms with Gasteiger partial charge in [0, 0.05) is 6.20 Å². The van der Waals surface area contributed by atoms with Crippen molar-refractivity contribution in [1.82, 2.24) is 20.1 Å². The van der Waals surface area contributed by atoms with Crippen LogP contribution < -0.4 is 5.32 Å². The van der Waals surface area contributed by atoms with Crippen LogP contribution >= 0.6 is 0 Å². The first-order chi connectivity index (χ1) is 13.8. The zero-order valence-corrected chi connectivity index (χ0v) is 15.0. The van der Waals surface area contributed by atoms with Crippen molar-refractivity contribution in [2.75, 3.05) is 6.61 Å². The highest BCUT2D eigenvalue weighted by molar-refractivity contribution is 5.88. The fraction of sp³-hybridized carbons (Fsp3) is 0.211. The van der Waals surface area contributed by atoms with Crippen molar-refractivity contribution < 1.29 is 28.2 Å². The van der Waals surface area contributed by atoms with Crippen molar-refractivity contribution in [2.45, 2.75) is 18.8 Å². The Morgan fingerprint density at radius 3 is 2.55 bits per heavy atom. The Hall–Kier alpha value is -3.24. The molecular formula is C19H17F3N4O3. The highest BCUT2D eigenvalue weighted by atomic mass is 19.4. The standard InChI is InChI=1S/C19H17F3N4O3/c1-2-16(29)24-9-14-17-13(15(28)10-27)7-8-23-18(17)26(25-14)12-5-3-11(4-6-12)19(20,21)22/h2-8,15,27-28H,1,9-10H2,(H,24,29). The summed E-state index contributed by atoms with van der Waals surface area (Å²) in [6, 6.07) is 5.85. The van der Waals surface area contributed by atoms with Gasteiger partial charge in [0.05, 0.1) is 35.5 Å². The number of nitrogens with zero attached hydrogens (tertiary/aromatic N) is 3. The molecule has 0 radical (unpaired) electrons. The van der Waals surface area contributed by atoms with Gasteiger partial charge in [0.15, 0.2) is 5.65 Å². The largest absolute Gasteiger partial charge is 0.416 e. The van der Waals surface area contributed by atoms with Gasteiger partial charge in [0.25, 0.3) is 0 Å². The molecule has 0 spiro atoms. The molecule has 0 fully saturated rings. The number of carbonyl (C=O) groups excluding carboxylic acids is 1. The van der Waals surface area contributed by atoms with Gasteiger partial charge in [-0.05, 0) is 42.0 Å². The van der Waals surface area contributed by atoms with E-state index in [0.29, 0.717) is 22.3 Å². The Labute approximate surface area is 163 Å². The highest BCUT2D eigenvalue weighted by Crippen LogP contribution is 2.31. The molecule has 1 amide bonds. The van der Waals surface area contributed by atoms with Crippen molar-refractivity contribution in [3.05, 3.63) is 66.0 Å². The topological polar surface area (TPSA) is 100 Å². The zero-order valence-electron chi connectivity index (χ0n) is 15.0. The van der Waals surface area contributed by atoms with E-state index in [0.717, 1.165) is 18.2 Å². The van der Waals surface area contributed by atoms with E-state index in [1.807, 2.05) is 0 Å². The molecule has 152 valence electrons. The van der Waals surface area contributed by atoms with E-state index < -0.39 is 30.4 Å². The molecule has 3 rings (SSSR count). The molecule has 0 aliphatic carbocycles. The second-order valence-corrected chi connectivity index (χ2v) is 6.12. The van der Waals surface area contributed by atoms with Crippen LogP contribution in [0.3, 0.4) is 0 Å². The van der Waals surface area contributed by atoms with E-state index in [9.17, 15) is 28.2 Å². The van der Waals surface area contributed by atoms with Gasteiger partial charge in [-0.25, -0.2) is 9.67 Å². The minimum Gasteiger partial charge on any atom is -0.393 e. The van der Waals surface area contributed by atoms with Gasteiger partial charge in [-0.1, -0.05) is 6.58 Å². The molecule has 0 bridgehead atoms. The second kappa shape index (κ2) is 8.02. The maximum absolute atomic E-state index is 12.8. The van der Waals surface area contributed by atoms with Crippen molar-refractivity contribution in [1.29, 1.82) is 0 Å². The molecule has 1 atom stereocenters. The summed E-state index contributed by atoms with van der Waals surface area (Å²) in [5, 5.41) is 26.8. The van der Waals surface area contributed by atoms with Gasteiger partial charge in [-0.3, -0.25) is 4.79 Å². The molecule has 2 aromatic heterocycles. The average molecular weight is 406 g/mol. The summed E-state index contributed by atoms with van der Waals surface area (Å²) in [6.45, 7) is 2.77. The number of amides is 1. The van der Waals surface area contributed by atoms with Crippen LogP contribution in [0.25, 0.3) is 16.7 Å². The number of aromatic nitrogens is 3. The number of carbonyl (C=O) groups is 1. The van der Waals surface area contributed by atoms with Crippen LogP contribution in [0.1, 0.15) is 22.9 Å². The quantitative estimate of drug-likeness (QED) is 0.546. The van der Waals surface area contributed by atoms with E-state index in [4.69, 9.17) is 0 Å². The molecule has 3 aromatic rings. The Morgan fingerprint density at radius 1 is 1.28 bits per heavy atom. The van der Waals surface area contributed by atoms with Crippen molar-refractivity contribution >= 4 is 16.9 Å². The third kappa shape index (κ3) is 4.13. The first kappa shape index (κ1) is 20.5. The number of aliphatic hydroxyl groups excluding tert-OH is 2. The van der Waals surface area contributed by atoms with Gasteiger partial charge in [-0.2, -0.15) is 18.3 Å². The average Bonchev–Trinajstić information content (AvgIpc) is 3.09. The Morgan fingerprint density at radius 2 is 1.97 bits per heavy atom. The first-order valence-corrected chi connectivity index (χ1v) is 8.49. The number of halogens is 3. The monoisotopic (exact) mass is 406 g/mol. The summed E-state index contributed by atoms with van der Waals surface area (Å²) in [5.74, 6) is -0.449. The molecule has 0 aliphatic rings. The molecule has 29 heavy (non-hydrogen) atoms. The van der Waals surface area contributed by atoms with Gasteiger partial charge < -0.3 is 15.5 Å². The number of hydrogen-bond acceptors (Lipinski definition) is 5. The molecule has 1 aromatic carbocycles. The lowest BCUT2D eigenvalue weighted by Crippen LogP contribution is -2.20. The van der Waals surface area contributed by atoms with Gasteiger partial charge in [0.2, 0.25) is 5.91 Å². The molecular weight excluding hydrogens is 389 g/mol. The fourth-order valence-electron chi connectivity index (χ4n) is 2.85.